The van der Waals surface area contributed by atoms with Gasteiger partial charge in [-0.05, 0) is 31.4 Å². The van der Waals surface area contributed by atoms with E-state index in [-0.39, 0.29) is 6.10 Å². The number of aliphatic hydroxyl groups is 1. The van der Waals surface area contributed by atoms with Crippen LogP contribution in [0.2, 0.25) is 0 Å². The number of aliphatic hydroxyl groups excluding tert-OH is 1. The van der Waals surface area contributed by atoms with Crippen molar-refractivity contribution in [2.45, 2.75) is 39.4 Å². The van der Waals surface area contributed by atoms with E-state index in [2.05, 4.69) is 0 Å². The molecule has 0 heterocycles. The first-order chi connectivity index (χ1) is 7.20. The van der Waals surface area contributed by atoms with Gasteiger partial charge in [0.1, 0.15) is 6.10 Å². The highest BCUT2D eigenvalue weighted by atomic mass is 16.5. The van der Waals surface area contributed by atoms with Gasteiger partial charge >= 0.3 is 0 Å². The molecule has 0 amide bonds. The molecule has 0 saturated heterocycles. The molecular weight excluding hydrogens is 188 g/mol. The van der Waals surface area contributed by atoms with E-state index in [1.807, 2.05) is 45.0 Å². The van der Waals surface area contributed by atoms with Gasteiger partial charge in [-0.3, -0.25) is 0 Å². The predicted molar refractivity (Wildman–Crippen MR) is 61.8 cm³/mol. The van der Waals surface area contributed by atoms with Gasteiger partial charge in [0.15, 0.2) is 0 Å². The number of aryl methyl sites for hydroxylation is 1. The molecule has 0 radical (unpaired) electrons. The molecule has 0 bridgehead atoms. The quantitative estimate of drug-likeness (QED) is 0.806. The Morgan fingerprint density at radius 1 is 1.27 bits per heavy atom. The smallest absolute Gasteiger partial charge is 0.105 e. The van der Waals surface area contributed by atoms with E-state index in [0.29, 0.717) is 6.61 Å². The molecule has 15 heavy (non-hydrogen) atoms. The third-order valence-corrected chi connectivity index (χ3v) is 2.64. The number of benzene rings is 1. The lowest BCUT2D eigenvalue weighted by atomic mass is 9.98. The van der Waals surface area contributed by atoms with Gasteiger partial charge in [0.2, 0.25) is 0 Å². The highest BCUT2D eigenvalue weighted by Gasteiger charge is 2.20. The van der Waals surface area contributed by atoms with Crippen molar-refractivity contribution in [1.82, 2.24) is 0 Å². The molecule has 0 spiro atoms. The molecule has 2 unspecified atom stereocenters. The van der Waals surface area contributed by atoms with E-state index in [0.717, 1.165) is 17.5 Å². The average Bonchev–Trinajstić information content (AvgIpc) is 2.25. The average molecular weight is 208 g/mol. The van der Waals surface area contributed by atoms with Crippen LogP contribution in [0.4, 0.5) is 0 Å². The van der Waals surface area contributed by atoms with E-state index in [1.165, 1.54) is 0 Å². The molecule has 0 fully saturated rings. The Morgan fingerprint density at radius 2 is 1.93 bits per heavy atom. The Balaban J connectivity index is 2.82. The van der Waals surface area contributed by atoms with E-state index in [1.54, 1.807) is 0 Å². The fourth-order valence-corrected chi connectivity index (χ4v) is 1.77. The monoisotopic (exact) mass is 208 g/mol. The summed E-state index contributed by atoms with van der Waals surface area (Å²) in [6.45, 7) is 6.63. The lowest BCUT2D eigenvalue weighted by Crippen LogP contribution is -2.22. The van der Waals surface area contributed by atoms with E-state index < -0.39 is 6.10 Å². The van der Waals surface area contributed by atoms with Crippen molar-refractivity contribution in [2.24, 2.45) is 0 Å². The Bertz CT molecular complexity index is 296. The summed E-state index contributed by atoms with van der Waals surface area (Å²) in [5.74, 6) is 0. The summed E-state index contributed by atoms with van der Waals surface area (Å²) < 4.78 is 5.51. The largest absolute Gasteiger partial charge is 0.386 e. The highest BCUT2D eigenvalue weighted by Crippen LogP contribution is 2.24. The van der Waals surface area contributed by atoms with E-state index in [9.17, 15) is 5.11 Å². The molecule has 0 aromatic heterocycles. The van der Waals surface area contributed by atoms with Crippen LogP contribution < -0.4 is 0 Å². The molecule has 1 N–H and O–H groups in total. The normalized spacial score (nSPS) is 14.9. The Labute approximate surface area is 91.9 Å². The van der Waals surface area contributed by atoms with Crippen molar-refractivity contribution < 1.29 is 9.84 Å². The van der Waals surface area contributed by atoms with Crippen molar-refractivity contribution in [3.8, 4) is 0 Å². The van der Waals surface area contributed by atoms with E-state index in [4.69, 9.17) is 4.74 Å². The second-order valence-electron chi connectivity index (χ2n) is 3.70. The van der Waals surface area contributed by atoms with Crippen LogP contribution in [0.1, 0.15) is 37.5 Å². The molecular formula is C13H20O2. The second kappa shape index (κ2) is 5.89. The molecule has 0 aliphatic heterocycles. The summed E-state index contributed by atoms with van der Waals surface area (Å²) >= 11 is 0. The molecule has 0 aliphatic carbocycles. The van der Waals surface area contributed by atoms with Gasteiger partial charge in [-0.25, -0.2) is 0 Å². The number of rotatable bonds is 5. The van der Waals surface area contributed by atoms with Crippen molar-refractivity contribution in [3.63, 3.8) is 0 Å². The minimum atomic E-state index is -0.517. The molecule has 2 nitrogen and oxygen atoms in total. The zero-order valence-corrected chi connectivity index (χ0v) is 9.73. The number of hydrogen-bond donors (Lipinski definition) is 1. The first-order valence-electron chi connectivity index (χ1n) is 5.55. The topological polar surface area (TPSA) is 29.5 Å². The zero-order chi connectivity index (χ0) is 11.3. The van der Waals surface area contributed by atoms with Crippen LogP contribution in [0, 0.1) is 6.92 Å². The summed E-state index contributed by atoms with van der Waals surface area (Å²) in [5, 5.41) is 10.2. The van der Waals surface area contributed by atoms with Gasteiger partial charge in [0, 0.05) is 6.61 Å². The van der Waals surface area contributed by atoms with Crippen LogP contribution in [-0.4, -0.2) is 17.8 Å². The fraction of sp³-hybridized carbons (Fsp3) is 0.538. The highest BCUT2D eigenvalue weighted by molar-refractivity contribution is 5.28. The number of ether oxygens (including phenoxy) is 1. The maximum Gasteiger partial charge on any atom is 0.105 e. The first kappa shape index (κ1) is 12.2. The summed E-state index contributed by atoms with van der Waals surface area (Å²) in [6.07, 6.45) is 0.204. The molecule has 0 aliphatic rings. The van der Waals surface area contributed by atoms with Gasteiger partial charge < -0.3 is 9.84 Å². The standard InChI is InChI=1S/C13H20O2/c1-4-12(15-5-2)13(14)11-9-7-6-8-10(11)3/h6-9,12-14H,4-5H2,1-3H3. The summed E-state index contributed by atoms with van der Waals surface area (Å²) in [4.78, 5) is 0. The van der Waals surface area contributed by atoms with Gasteiger partial charge in [0.25, 0.3) is 0 Å². The fourth-order valence-electron chi connectivity index (χ4n) is 1.77. The Kier molecular flexibility index (Phi) is 4.79. The lowest BCUT2D eigenvalue weighted by Gasteiger charge is -2.23. The van der Waals surface area contributed by atoms with Crippen molar-refractivity contribution in [3.05, 3.63) is 35.4 Å². The summed E-state index contributed by atoms with van der Waals surface area (Å²) in [6, 6.07) is 7.90. The van der Waals surface area contributed by atoms with Crippen LogP contribution >= 0.6 is 0 Å². The molecule has 1 aromatic rings. The van der Waals surface area contributed by atoms with Crippen molar-refractivity contribution >= 4 is 0 Å². The minimum Gasteiger partial charge on any atom is -0.386 e. The van der Waals surface area contributed by atoms with Gasteiger partial charge in [-0.2, -0.15) is 0 Å². The van der Waals surface area contributed by atoms with Crippen LogP contribution in [0.5, 0.6) is 0 Å². The Morgan fingerprint density at radius 3 is 2.47 bits per heavy atom. The van der Waals surface area contributed by atoms with Gasteiger partial charge in [0.05, 0.1) is 6.10 Å². The molecule has 2 heteroatoms. The third-order valence-electron chi connectivity index (χ3n) is 2.64. The van der Waals surface area contributed by atoms with Crippen LogP contribution in [0.15, 0.2) is 24.3 Å². The number of hydrogen-bond acceptors (Lipinski definition) is 2. The molecule has 84 valence electrons. The van der Waals surface area contributed by atoms with Crippen molar-refractivity contribution in [1.29, 1.82) is 0 Å². The molecule has 1 aromatic carbocycles. The maximum absolute atomic E-state index is 10.2. The summed E-state index contributed by atoms with van der Waals surface area (Å²) in [5.41, 5.74) is 2.08. The zero-order valence-electron chi connectivity index (χ0n) is 9.73. The van der Waals surface area contributed by atoms with Crippen LogP contribution in [0.3, 0.4) is 0 Å². The lowest BCUT2D eigenvalue weighted by molar-refractivity contribution is -0.0358. The predicted octanol–water partition coefficient (Wildman–Crippen LogP) is 2.84. The SMILES string of the molecule is CCOC(CC)C(O)c1ccccc1C. The van der Waals surface area contributed by atoms with Gasteiger partial charge in [-0.1, -0.05) is 31.2 Å². The second-order valence-corrected chi connectivity index (χ2v) is 3.70. The first-order valence-corrected chi connectivity index (χ1v) is 5.55. The van der Waals surface area contributed by atoms with Crippen LogP contribution in [-0.2, 0) is 4.74 Å². The van der Waals surface area contributed by atoms with Crippen LogP contribution in [0.25, 0.3) is 0 Å². The molecule has 0 saturated carbocycles. The molecule has 2 atom stereocenters. The van der Waals surface area contributed by atoms with E-state index >= 15 is 0 Å². The van der Waals surface area contributed by atoms with Gasteiger partial charge in [-0.15, -0.1) is 0 Å². The Hall–Kier alpha value is -0.860. The maximum atomic E-state index is 10.2. The third kappa shape index (κ3) is 3.05. The minimum absolute atomic E-state index is 0.101. The summed E-state index contributed by atoms with van der Waals surface area (Å²) in [7, 11) is 0. The molecule has 1 rings (SSSR count). The van der Waals surface area contributed by atoms with Crippen molar-refractivity contribution in [2.75, 3.05) is 6.61 Å².